The van der Waals surface area contributed by atoms with E-state index in [4.69, 9.17) is 9.47 Å². The van der Waals surface area contributed by atoms with Crippen LogP contribution in [0.15, 0.2) is 48.6 Å². The molecule has 1 N–H and O–H groups in total. The number of esters is 2. The molecule has 0 saturated carbocycles. The Bertz CT molecular complexity index is 888. The molecule has 0 aromatic heterocycles. The summed E-state index contributed by atoms with van der Waals surface area (Å²) in [6, 6.07) is 0. The molecule has 1 unspecified atom stereocenters. The van der Waals surface area contributed by atoms with Gasteiger partial charge in [-0.15, -0.1) is 0 Å². The Hall–Kier alpha value is -2.14. The second-order valence-electron chi connectivity index (χ2n) is 15.1. The van der Waals surface area contributed by atoms with Crippen molar-refractivity contribution in [2.75, 3.05) is 13.2 Å². The highest BCUT2D eigenvalue weighted by molar-refractivity contribution is 5.70. The van der Waals surface area contributed by atoms with Gasteiger partial charge in [0.25, 0.3) is 0 Å². The molecule has 5 heteroatoms. The molecule has 0 aliphatic rings. The van der Waals surface area contributed by atoms with Crippen molar-refractivity contribution in [1.82, 2.24) is 0 Å². The molecule has 0 rings (SSSR count). The quantitative estimate of drug-likeness (QED) is 0.0384. The summed E-state index contributed by atoms with van der Waals surface area (Å²) in [6.07, 6.45) is 56.1. The van der Waals surface area contributed by atoms with Crippen molar-refractivity contribution in [3.8, 4) is 0 Å². The highest BCUT2D eigenvalue weighted by Crippen LogP contribution is 2.13. The lowest BCUT2D eigenvalue weighted by Crippen LogP contribution is -2.28. The molecule has 0 aliphatic heterocycles. The van der Waals surface area contributed by atoms with Gasteiger partial charge in [0.15, 0.2) is 6.10 Å². The van der Waals surface area contributed by atoms with Crippen molar-refractivity contribution in [3.63, 3.8) is 0 Å². The van der Waals surface area contributed by atoms with Crippen LogP contribution in [0.4, 0.5) is 0 Å². The Morgan fingerprint density at radius 3 is 1.15 bits per heavy atom. The standard InChI is InChI=1S/C48H86O5/c1-3-5-7-9-11-13-15-17-19-21-23-24-25-27-29-31-33-35-37-39-41-43-48(51)53-46(44-49)45-52-47(50)42-40-38-36-34-32-30-28-26-22-20-18-16-14-12-10-8-6-4-2/h15,17,20-23,25,27,46,49H,3-14,16,18-19,24,26,28-45H2,1-2H3/b17-15-,22-20-,23-21-,27-25-. The van der Waals surface area contributed by atoms with Crippen LogP contribution in [0.3, 0.4) is 0 Å². The van der Waals surface area contributed by atoms with Crippen LogP contribution in [0.25, 0.3) is 0 Å². The van der Waals surface area contributed by atoms with Crippen LogP contribution in [-0.2, 0) is 19.1 Å². The van der Waals surface area contributed by atoms with Gasteiger partial charge in [-0.3, -0.25) is 9.59 Å². The van der Waals surface area contributed by atoms with Crippen molar-refractivity contribution < 1.29 is 24.2 Å². The molecule has 1 atom stereocenters. The molecule has 0 amide bonds. The van der Waals surface area contributed by atoms with Crippen LogP contribution in [0.2, 0.25) is 0 Å². The zero-order valence-corrected chi connectivity index (χ0v) is 35.0. The summed E-state index contributed by atoms with van der Waals surface area (Å²) >= 11 is 0. The second kappa shape index (κ2) is 44.3. The first-order chi connectivity index (χ1) is 26.1. The molecular weight excluding hydrogens is 657 g/mol. The van der Waals surface area contributed by atoms with Gasteiger partial charge in [-0.05, 0) is 77.0 Å². The number of carbonyl (C=O) groups is 2. The van der Waals surface area contributed by atoms with Crippen LogP contribution in [0.1, 0.15) is 226 Å². The lowest BCUT2D eigenvalue weighted by molar-refractivity contribution is -0.161. The van der Waals surface area contributed by atoms with Gasteiger partial charge >= 0.3 is 11.9 Å². The average Bonchev–Trinajstić information content (AvgIpc) is 3.16. The lowest BCUT2D eigenvalue weighted by Gasteiger charge is -2.15. The summed E-state index contributed by atoms with van der Waals surface area (Å²) < 4.78 is 10.6. The largest absolute Gasteiger partial charge is 0.462 e. The molecular formula is C48H86O5. The number of allylic oxidation sites excluding steroid dienone is 8. The van der Waals surface area contributed by atoms with E-state index in [1.807, 2.05) is 0 Å². The second-order valence-corrected chi connectivity index (χ2v) is 15.1. The minimum atomic E-state index is -0.781. The third-order valence-electron chi connectivity index (χ3n) is 9.85. The molecule has 0 aliphatic carbocycles. The molecule has 0 bridgehead atoms. The fourth-order valence-corrected chi connectivity index (χ4v) is 6.38. The first kappa shape index (κ1) is 50.9. The summed E-state index contributed by atoms with van der Waals surface area (Å²) in [5.74, 6) is -0.607. The summed E-state index contributed by atoms with van der Waals surface area (Å²) in [5.41, 5.74) is 0. The number of ether oxygens (including phenoxy) is 2. The molecule has 0 heterocycles. The van der Waals surface area contributed by atoms with Gasteiger partial charge in [0, 0.05) is 12.8 Å². The van der Waals surface area contributed by atoms with E-state index < -0.39 is 6.10 Å². The summed E-state index contributed by atoms with van der Waals surface area (Å²) in [4.78, 5) is 24.4. The predicted molar refractivity (Wildman–Crippen MR) is 228 cm³/mol. The normalized spacial score (nSPS) is 12.6. The van der Waals surface area contributed by atoms with Gasteiger partial charge in [0.05, 0.1) is 6.61 Å². The maximum absolute atomic E-state index is 12.2. The van der Waals surface area contributed by atoms with Crippen molar-refractivity contribution in [2.24, 2.45) is 0 Å². The van der Waals surface area contributed by atoms with E-state index in [-0.39, 0.29) is 25.2 Å². The molecule has 0 aromatic carbocycles. The van der Waals surface area contributed by atoms with E-state index in [1.54, 1.807) is 0 Å². The number of carbonyl (C=O) groups excluding carboxylic acids is 2. The zero-order chi connectivity index (χ0) is 38.6. The third kappa shape index (κ3) is 42.5. The summed E-state index contributed by atoms with van der Waals surface area (Å²) in [7, 11) is 0. The van der Waals surface area contributed by atoms with Gasteiger partial charge in [0.2, 0.25) is 0 Å². The molecule has 308 valence electrons. The van der Waals surface area contributed by atoms with Gasteiger partial charge in [-0.2, -0.15) is 0 Å². The van der Waals surface area contributed by atoms with Crippen molar-refractivity contribution in [3.05, 3.63) is 48.6 Å². The minimum absolute atomic E-state index is 0.0735. The molecule has 0 saturated heterocycles. The smallest absolute Gasteiger partial charge is 0.306 e. The molecule has 0 radical (unpaired) electrons. The summed E-state index contributed by atoms with van der Waals surface area (Å²) in [5, 5.41) is 9.59. The highest BCUT2D eigenvalue weighted by atomic mass is 16.6. The van der Waals surface area contributed by atoms with E-state index in [9.17, 15) is 14.7 Å². The molecule has 5 nitrogen and oxygen atoms in total. The zero-order valence-electron chi connectivity index (χ0n) is 35.0. The Kier molecular flexibility index (Phi) is 42.5. The molecule has 0 fully saturated rings. The van der Waals surface area contributed by atoms with E-state index in [0.29, 0.717) is 12.8 Å². The SMILES string of the molecule is CCCCCCC/C=C\C/C=C\C/C=C\CCCCCCCCC(=O)OC(CO)COC(=O)CCCCCCCCC/C=C\CCCCCCCCC. The van der Waals surface area contributed by atoms with Gasteiger partial charge in [0.1, 0.15) is 6.61 Å². The topological polar surface area (TPSA) is 72.8 Å². The number of aliphatic hydroxyl groups is 1. The van der Waals surface area contributed by atoms with Gasteiger partial charge in [-0.25, -0.2) is 0 Å². The Morgan fingerprint density at radius 1 is 0.434 bits per heavy atom. The van der Waals surface area contributed by atoms with Crippen LogP contribution >= 0.6 is 0 Å². The number of hydrogen-bond acceptors (Lipinski definition) is 5. The maximum Gasteiger partial charge on any atom is 0.306 e. The number of unbranched alkanes of at least 4 members (excludes halogenated alkanes) is 25. The molecule has 0 aromatic rings. The average molecular weight is 743 g/mol. The predicted octanol–water partition coefficient (Wildman–Crippen LogP) is 14.6. The maximum atomic E-state index is 12.2. The number of rotatable bonds is 41. The number of aliphatic hydroxyl groups excluding tert-OH is 1. The van der Waals surface area contributed by atoms with Crippen LogP contribution < -0.4 is 0 Å². The Labute approximate surface area is 328 Å². The molecule has 0 spiro atoms. The third-order valence-corrected chi connectivity index (χ3v) is 9.85. The highest BCUT2D eigenvalue weighted by Gasteiger charge is 2.16. The van der Waals surface area contributed by atoms with Gasteiger partial charge in [-0.1, -0.05) is 184 Å². The Morgan fingerprint density at radius 2 is 0.755 bits per heavy atom. The van der Waals surface area contributed by atoms with Crippen LogP contribution in [-0.4, -0.2) is 36.4 Å². The number of hydrogen-bond donors (Lipinski definition) is 1. The van der Waals surface area contributed by atoms with Crippen LogP contribution in [0.5, 0.6) is 0 Å². The van der Waals surface area contributed by atoms with E-state index in [0.717, 1.165) is 57.8 Å². The van der Waals surface area contributed by atoms with Gasteiger partial charge < -0.3 is 14.6 Å². The first-order valence-corrected chi connectivity index (χ1v) is 22.7. The van der Waals surface area contributed by atoms with E-state index in [1.165, 1.54) is 141 Å². The monoisotopic (exact) mass is 743 g/mol. The summed E-state index contributed by atoms with van der Waals surface area (Å²) in [6.45, 7) is 4.12. The lowest BCUT2D eigenvalue weighted by atomic mass is 10.1. The first-order valence-electron chi connectivity index (χ1n) is 22.7. The fraction of sp³-hybridized carbons (Fsp3) is 0.792. The fourth-order valence-electron chi connectivity index (χ4n) is 6.38. The van der Waals surface area contributed by atoms with E-state index >= 15 is 0 Å². The van der Waals surface area contributed by atoms with Crippen molar-refractivity contribution in [2.45, 2.75) is 232 Å². The minimum Gasteiger partial charge on any atom is -0.462 e. The Balaban J connectivity index is 3.57. The van der Waals surface area contributed by atoms with E-state index in [2.05, 4.69) is 62.5 Å². The van der Waals surface area contributed by atoms with Crippen LogP contribution in [0, 0.1) is 0 Å². The van der Waals surface area contributed by atoms with Crippen molar-refractivity contribution >= 4 is 11.9 Å². The van der Waals surface area contributed by atoms with Crippen molar-refractivity contribution in [1.29, 1.82) is 0 Å². The molecule has 53 heavy (non-hydrogen) atoms.